The summed E-state index contributed by atoms with van der Waals surface area (Å²) in [6.45, 7) is 6.25. The van der Waals surface area contributed by atoms with E-state index in [0.717, 1.165) is 46.1 Å². The van der Waals surface area contributed by atoms with Gasteiger partial charge in [0.2, 0.25) is 0 Å². The zero-order valence-corrected chi connectivity index (χ0v) is 16.9. The molecule has 0 unspecified atom stereocenters. The molecule has 0 saturated carbocycles. The number of nitrogens with zero attached hydrogens (tertiary/aromatic N) is 4. The lowest BCUT2D eigenvalue weighted by atomic mass is 10.3. The van der Waals surface area contributed by atoms with Crippen molar-refractivity contribution in [2.45, 2.75) is 31.3 Å². The fourth-order valence-electron chi connectivity index (χ4n) is 2.50. The molecule has 0 radical (unpaired) electrons. The van der Waals surface area contributed by atoms with Gasteiger partial charge in [-0.1, -0.05) is 0 Å². The summed E-state index contributed by atoms with van der Waals surface area (Å²) in [5.74, 6) is 1.60. The van der Waals surface area contributed by atoms with Crippen LogP contribution in [0.5, 0.6) is 5.75 Å². The van der Waals surface area contributed by atoms with Crippen LogP contribution in [-0.4, -0.2) is 38.5 Å². The summed E-state index contributed by atoms with van der Waals surface area (Å²) in [5.41, 5.74) is 1.66. The van der Waals surface area contributed by atoms with Crippen molar-refractivity contribution in [1.29, 1.82) is 0 Å². The van der Waals surface area contributed by atoms with Gasteiger partial charge >= 0.3 is 0 Å². The number of nitrogens with one attached hydrogen (secondary N) is 1. The van der Waals surface area contributed by atoms with Crippen molar-refractivity contribution in [2.75, 3.05) is 18.4 Å². The third-order valence-corrected chi connectivity index (χ3v) is 5.82. The molecule has 0 amide bonds. The molecule has 4 rings (SSSR count). The molecule has 6 nitrogen and oxygen atoms in total. The van der Waals surface area contributed by atoms with E-state index >= 15 is 0 Å². The standard InChI is InChI=1S/C19H21N5OS2/c1-13(2)25-14-6-7-15(21-11-14)16-12-26-19(22-16)23-18-17(5-3-8-20-18)27-24-9-4-10-24/h3,5-8,11-13H,4,9-10H2,1-2H3,(H,20,22,23). The van der Waals surface area contributed by atoms with Crippen LogP contribution in [0.25, 0.3) is 11.4 Å². The summed E-state index contributed by atoms with van der Waals surface area (Å²) in [5, 5.41) is 6.15. The number of hydrogen-bond donors (Lipinski definition) is 1. The number of thiazole rings is 1. The second kappa shape index (κ2) is 8.24. The molecule has 0 aliphatic carbocycles. The van der Waals surface area contributed by atoms with Gasteiger partial charge in [0.25, 0.3) is 0 Å². The third kappa shape index (κ3) is 4.58. The average molecular weight is 400 g/mol. The summed E-state index contributed by atoms with van der Waals surface area (Å²) in [6, 6.07) is 7.91. The van der Waals surface area contributed by atoms with E-state index in [9.17, 15) is 0 Å². The first kappa shape index (κ1) is 18.2. The third-order valence-electron chi connectivity index (χ3n) is 3.91. The van der Waals surface area contributed by atoms with Gasteiger partial charge in [-0.3, -0.25) is 4.98 Å². The van der Waals surface area contributed by atoms with Crippen LogP contribution in [0.2, 0.25) is 0 Å². The Labute approximate surface area is 167 Å². The topological polar surface area (TPSA) is 63.2 Å². The molecule has 1 fully saturated rings. The summed E-state index contributed by atoms with van der Waals surface area (Å²) in [6.07, 6.45) is 4.93. The fraction of sp³-hybridized carbons (Fsp3) is 0.316. The molecule has 0 bridgehead atoms. The van der Waals surface area contributed by atoms with E-state index in [2.05, 4.69) is 30.6 Å². The highest BCUT2D eigenvalue weighted by Crippen LogP contribution is 2.34. The Balaban J connectivity index is 1.47. The van der Waals surface area contributed by atoms with Crippen LogP contribution >= 0.6 is 23.3 Å². The largest absolute Gasteiger partial charge is 0.489 e. The minimum Gasteiger partial charge on any atom is -0.489 e. The van der Waals surface area contributed by atoms with Crippen LogP contribution in [-0.2, 0) is 0 Å². The Morgan fingerprint density at radius 3 is 2.78 bits per heavy atom. The molecular weight excluding hydrogens is 378 g/mol. The molecule has 27 heavy (non-hydrogen) atoms. The van der Waals surface area contributed by atoms with Gasteiger partial charge in [0, 0.05) is 24.7 Å². The monoisotopic (exact) mass is 399 g/mol. The predicted molar refractivity (Wildman–Crippen MR) is 111 cm³/mol. The highest BCUT2D eigenvalue weighted by atomic mass is 32.2. The molecule has 1 saturated heterocycles. The molecule has 1 aliphatic rings. The van der Waals surface area contributed by atoms with E-state index < -0.39 is 0 Å². The molecule has 8 heteroatoms. The van der Waals surface area contributed by atoms with Crippen molar-refractivity contribution in [2.24, 2.45) is 0 Å². The van der Waals surface area contributed by atoms with Crippen molar-refractivity contribution in [3.63, 3.8) is 0 Å². The minimum absolute atomic E-state index is 0.134. The van der Waals surface area contributed by atoms with E-state index in [1.54, 1.807) is 35.7 Å². The van der Waals surface area contributed by atoms with Crippen molar-refractivity contribution in [3.8, 4) is 17.1 Å². The van der Waals surface area contributed by atoms with Crippen molar-refractivity contribution < 1.29 is 4.74 Å². The zero-order valence-electron chi connectivity index (χ0n) is 15.3. The Bertz CT molecular complexity index is 893. The van der Waals surface area contributed by atoms with Crippen LogP contribution in [0, 0.1) is 0 Å². The summed E-state index contributed by atoms with van der Waals surface area (Å²) in [7, 11) is 0. The maximum atomic E-state index is 5.64. The van der Waals surface area contributed by atoms with Gasteiger partial charge in [-0.15, -0.1) is 11.3 Å². The van der Waals surface area contributed by atoms with E-state index in [-0.39, 0.29) is 6.10 Å². The van der Waals surface area contributed by atoms with Crippen LogP contribution in [0.4, 0.5) is 10.9 Å². The van der Waals surface area contributed by atoms with Gasteiger partial charge in [0.05, 0.1) is 22.9 Å². The normalized spacial score (nSPS) is 14.2. The number of hydrogen-bond acceptors (Lipinski definition) is 8. The lowest BCUT2D eigenvalue weighted by molar-refractivity contribution is 0.241. The lowest BCUT2D eigenvalue weighted by Gasteiger charge is -2.29. The molecule has 0 spiro atoms. The van der Waals surface area contributed by atoms with Crippen LogP contribution < -0.4 is 10.1 Å². The van der Waals surface area contributed by atoms with Crippen molar-refractivity contribution in [3.05, 3.63) is 42.0 Å². The van der Waals surface area contributed by atoms with Gasteiger partial charge in [0.15, 0.2) is 5.13 Å². The second-order valence-electron chi connectivity index (χ2n) is 6.43. The van der Waals surface area contributed by atoms with Crippen LogP contribution in [0.3, 0.4) is 0 Å². The van der Waals surface area contributed by atoms with Crippen LogP contribution in [0.1, 0.15) is 20.3 Å². The smallest absolute Gasteiger partial charge is 0.188 e. The Kier molecular flexibility index (Phi) is 5.56. The van der Waals surface area contributed by atoms with E-state index in [4.69, 9.17) is 4.74 Å². The molecule has 4 heterocycles. The molecule has 1 N–H and O–H groups in total. The summed E-state index contributed by atoms with van der Waals surface area (Å²) >= 11 is 3.29. The van der Waals surface area contributed by atoms with Gasteiger partial charge in [0.1, 0.15) is 17.3 Å². The highest BCUT2D eigenvalue weighted by Gasteiger charge is 2.17. The molecule has 0 aromatic carbocycles. The maximum Gasteiger partial charge on any atom is 0.188 e. The first-order chi connectivity index (χ1) is 13.2. The van der Waals surface area contributed by atoms with E-state index in [0.29, 0.717) is 0 Å². The first-order valence-corrected chi connectivity index (χ1v) is 10.6. The van der Waals surface area contributed by atoms with Crippen LogP contribution in [0.15, 0.2) is 46.9 Å². The number of anilines is 2. The first-order valence-electron chi connectivity index (χ1n) is 8.91. The lowest BCUT2D eigenvalue weighted by Crippen LogP contribution is -2.30. The molecule has 0 atom stereocenters. The Morgan fingerprint density at radius 2 is 2.07 bits per heavy atom. The molecule has 3 aromatic rings. The molecule has 3 aromatic heterocycles. The summed E-state index contributed by atoms with van der Waals surface area (Å²) in [4.78, 5) is 14.7. The van der Waals surface area contributed by atoms with Gasteiger partial charge in [-0.2, -0.15) is 0 Å². The fourth-order valence-corrected chi connectivity index (χ4v) is 4.25. The molecular formula is C19H21N5OS2. The predicted octanol–water partition coefficient (Wildman–Crippen LogP) is 4.84. The SMILES string of the molecule is CC(C)Oc1ccc(-c2csc(Nc3ncccc3SN3CCC3)n2)nc1. The zero-order chi connectivity index (χ0) is 18.6. The van der Waals surface area contributed by atoms with Gasteiger partial charge in [-0.25, -0.2) is 14.3 Å². The quantitative estimate of drug-likeness (QED) is 0.570. The van der Waals surface area contributed by atoms with E-state index in [1.807, 2.05) is 37.4 Å². The Hall–Kier alpha value is -2.16. The van der Waals surface area contributed by atoms with Crippen molar-refractivity contribution >= 4 is 34.2 Å². The number of aromatic nitrogens is 3. The average Bonchev–Trinajstić information content (AvgIpc) is 3.08. The van der Waals surface area contributed by atoms with Crippen molar-refractivity contribution in [1.82, 2.24) is 19.3 Å². The number of pyridine rings is 2. The number of ether oxygens (including phenoxy) is 1. The minimum atomic E-state index is 0.134. The summed E-state index contributed by atoms with van der Waals surface area (Å²) < 4.78 is 7.97. The number of rotatable bonds is 7. The second-order valence-corrected chi connectivity index (χ2v) is 8.43. The molecule has 1 aliphatic heterocycles. The van der Waals surface area contributed by atoms with E-state index in [1.165, 1.54) is 6.42 Å². The molecule has 140 valence electrons. The Morgan fingerprint density at radius 1 is 1.19 bits per heavy atom. The van der Waals surface area contributed by atoms with Gasteiger partial charge < -0.3 is 10.1 Å². The van der Waals surface area contributed by atoms with Gasteiger partial charge in [-0.05, 0) is 56.5 Å². The highest BCUT2D eigenvalue weighted by molar-refractivity contribution is 7.97. The maximum absolute atomic E-state index is 5.64.